The van der Waals surface area contributed by atoms with Gasteiger partial charge in [0.1, 0.15) is 10.8 Å². The number of thiazole rings is 1. The van der Waals surface area contributed by atoms with E-state index in [-0.39, 0.29) is 6.42 Å². The van der Waals surface area contributed by atoms with Crippen LogP contribution >= 0.6 is 11.3 Å². The van der Waals surface area contributed by atoms with E-state index in [1.165, 1.54) is 42.5 Å². The quantitative estimate of drug-likeness (QED) is 0.626. The number of anilines is 1. The molecule has 2 aromatic carbocycles. The van der Waals surface area contributed by atoms with E-state index in [2.05, 4.69) is 10.3 Å². The highest BCUT2D eigenvalue weighted by Gasteiger charge is 2.19. The zero-order valence-electron chi connectivity index (χ0n) is 15.4. The molecule has 0 radical (unpaired) electrons. The third-order valence-electron chi connectivity index (χ3n) is 3.93. The molecule has 1 heterocycles. The largest absolute Gasteiger partial charge is 0.452 e. The van der Waals surface area contributed by atoms with Crippen LogP contribution in [0.3, 0.4) is 0 Å². The van der Waals surface area contributed by atoms with E-state index < -0.39 is 23.8 Å². The van der Waals surface area contributed by atoms with Crippen LogP contribution in [0.5, 0.6) is 0 Å². The van der Waals surface area contributed by atoms with Crippen molar-refractivity contribution >= 4 is 28.9 Å². The Labute approximate surface area is 166 Å². The lowest BCUT2D eigenvalue weighted by molar-refractivity contribution is -0.152. The SMILES string of the molecule is Cc1cccc(-c2nc(CC(=O)O[C@H](C)C(=O)Nc3ccc(F)cc3)cs2)c1. The van der Waals surface area contributed by atoms with Crippen LogP contribution in [0, 0.1) is 12.7 Å². The van der Waals surface area contributed by atoms with Crippen LogP contribution in [0.2, 0.25) is 0 Å². The fourth-order valence-electron chi connectivity index (χ4n) is 2.52. The molecule has 1 amide bonds. The highest BCUT2D eigenvalue weighted by Crippen LogP contribution is 2.24. The molecule has 28 heavy (non-hydrogen) atoms. The highest BCUT2D eigenvalue weighted by atomic mass is 32.1. The van der Waals surface area contributed by atoms with Crippen molar-refractivity contribution in [3.8, 4) is 10.6 Å². The summed E-state index contributed by atoms with van der Waals surface area (Å²) in [4.78, 5) is 28.7. The minimum absolute atomic E-state index is 0.0174. The molecule has 0 aliphatic heterocycles. The van der Waals surface area contributed by atoms with Crippen molar-refractivity contribution in [2.24, 2.45) is 0 Å². The van der Waals surface area contributed by atoms with Crippen molar-refractivity contribution in [1.82, 2.24) is 4.98 Å². The Morgan fingerprint density at radius 1 is 1.21 bits per heavy atom. The summed E-state index contributed by atoms with van der Waals surface area (Å²) in [5.41, 5.74) is 3.15. The molecule has 0 aliphatic carbocycles. The number of ether oxygens (including phenoxy) is 1. The molecular weight excluding hydrogens is 379 g/mol. The van der Waals surface area contributed by atoms with Crippen LogP contribution in [0.4, 0.5) is 10.1 Å². The number of amides is 1. The molecule has 3 rings (SSSR count). The minimum atomic E-state index is -0.979. The zero-order chi connectivity index (χ0) is 20.1. The van der Waals surface area contributed by atoms with Crippen molar-refractivity contribution in [3.63, 3.8) is 0 Å². The molecule has 0 saturated carbocycles. The lowest BCUT2D eigenvalue weighted by Crippen LogP contribution is -2.30. The molecule has 0 saturated heterocycles. The topological polar surface area (TPSA) is 68.3 Å². The molecule has 7 heteroatoms. The molecule has 0 spiro atoms. The van der Waals surface area contributed by atoms with Crippen LogP contribution in [0.1, 0.15) is 18.2 Å². The minimum Gasteiger partial charge on any atom is -0.452 e. The van der Waals surface area contributed by atoms with E-state index in [1.807, 2.05) is 36.6 Å². The van der Waals surface area contributed by atoms with Gasteiger partial charge in [0.15, 0.2) is 6.10 Å². The number of carbonyl (C=O) groups excluding carboxylic acids is 2. The van der Waals surface area contributed by atoms with E-state index in [4.69, 9.17) is 4.74 Å². The fraction of sp³-hybridized carbons (Fsp3) is 0.190. The molecule has 1 aromatic heterocycles. The number of rotatable bonds is 6. The van der Waals surface area contributed by atoms with E-state index in [0.717, 1.165) is 16.1 Å². The van der Waals surface area contributed by atoms with E-state index in [9.17, 15) is 14.0 Å². The third-order valence-corrected chi connectivity index (χ3v) is 4.87. The normalized spacial score (nSPS) is 11.7. The molecule has 144 valence electrons. The lowest BCUT2D eigenvalue weighted by Gasteiger charge is -2.13. The van der Waals surface area contributed by atoms with Gasteiger partial charge in [-0.15, -0.1) is 11.3 Å². The molecule has 1 N–H and O–H groups in total. The number of hydrogen-bond acceptors (Lipinski definition) is 5. The van der Waals surface area contributed by atoms with Crippen LogP contribution < -0.4 is 5.32 Å². The van der Waals surface area contributed by atoms with Crippen molar-refractivity contribution in [2.45, 2.75) is 26.4 Å². The van der Waals surface area contributed by atoms with Gasteiger partial charge in [0.2, 0.25) is 0 Å². The van der Waals surface area contributed by atoms with Crippen molar-refractivity contribution < 1.29 is 18.7 Å². The highest BCUT2D eigenvalue weighted by molar-refractivity contribution is 7.13. The fourth-order valence-corrected chi connectivity index (χ4v) is 3.33. The summed E-state index contributed by atoms with van der Waals surface area (Å²) in [5.74, 6) is -1.42. The number of nitrogens with zero attached hydrogens (tertiary/aromatic N) is 1. The lowest BCUT2D eigenvalue weighted by atomic mass is 10.1. The number of aromatic nitrogens is 1. The molecule has 5 nitrogen and oxygen atoms in total. The van der Waals surface area contributed by atoms with Gasteiger partial charge >= 0.3 is 5.97 Å². The predicted octanol–water partition coefficient (Wildman–Crippen LogP) is 4.37. The van der Waals surface area contributed by atoms with Gasteiger partial charge in [0.05, 0.1) is 12.1 Å². The number of nitrogens with one attached hydrogen (secondary N) is 1. The van der Waals surface area contributed by atoms with Crippen molar-refractivity contribution in [1.29, 1.82) is 0 Å². The molecule has 0 unspecified atom stereocenters. The van der Waals surface area contributed by atoms with Crippen LogP contribution in [-0.2, 0) is 20.7 Å². The van der Waals surface area contributed by atoms with Gasteiger partial charge in [-0.25, -0.2) is 9.37 Å². The molecule has 0 bridgehead atoms. The van der Waals surface area contributed by atoms with Gasteiger partial charge in [-0.3, -0.25) is 9.59 Å². The maximum Gasteiger partial charge on any atom is 0.312 e. The molecule has 3 aromatic rings. The average Bonchev–Trinajstić information content (AvgIpc) is 3.12. The maximum atomic E-state index is 12.9. The van der Waals surface area contributed by atoms with Gasteiger partial charge in [-0.2, -0.15) is 0 Å². The Bertz CT molecular complexity index is 985. The Hall–Kier alpha value is -3.06. The van der Waals surface area contributed by atoms with E-state index in [1.54, 1.807) is 0 Å². The number of aryl methyl sites for hydroxylation is 1. The first-order chi connectivity index (χ1) is 13.4. The number of benzene rings is 2. The molecule has 1 atom stereocenters. The van der Waals surface area contributed by atoms with Crippen LogP contribution in [-0.4, -0.2) is 23.0 Å². The second kappa shape index (κ2) is 8.75. The third kappa shape index (κ3) is 5.23. The van der Waals surface area contributed by atoms with Gasteiger partial charge < -0.3 is 10.1 Å². The second-order valence-corrected chi connectivity index (χ2v) is 7.18. The number of carbonyl (C=O) groups is 2. The summed E-state index contributed by atoms with van der Waals surface area (Å²) in [5, 5.41) is 5.21. The smallest absolute Gasteiger partial charge is 0.312 e. The number of hydrogen-bond donors (Lipinski definition) is 1. The first-order valence-corrected chi connectivity index (χ1v) is 9.56. The Kier molecular flexibility index (Phi) is 6.16. The predicted molar refractivity (Wildman–Crippen MR) is 107 cm³/mol. The summed E-state index contributed by atoms with van der Waals surface area (Å²) >= 11 is 1.45. The first-order valence-electron chi connectivity index (χ1n) is 8.68. The van der Waals surface area contributed by atoms with Crippen molar-refractivity contribution in [2.75, 3.05) is 5.32 Å². The van der Waals surface area contributed by atoms with Crippen LogP contribution in [0.25, 0.3) is 10.6 Å². The molecule has 0 aliphatic rings. The summed E-state index contributed by atoms with van der Waals surface area (Å²) in [7, 11) is 0. The molecular formula is C21H19FN2O3S. The Morgan fingerprint density at radius 2 is 1.96 bits per heavy atom. The zero-order valence-corrected chi connectivity index (χ0v) is 16.3. The Balaban J connectivity index is 1.55. The monoisotopic (exact) mass is 398 g/mol. The Morgan fingerprint density at radius 3 is 2.68 bits per heavy atom. The summed E-state index contributed by atoms with van der Waals surface area (Å²) in [6.45, 7) is 3.49. The van der Waals surface area contributed by atoms with Gasteiger partial charge in [-0.1, -0.05) is 23.8 Å². The maximum absolute atomic E-state index is 12.9. The average molecular weight is 398 g/mol. The van der Waals surface area contributed by atoms with Gasteiger partial charge in [0, 0.05) is 16.6 Å². The van der Waals surface area contributed by atoms with Gasteiger partial charge in [0.25, 0.3) is 5.91 Å². The first kappa shape index (κ1) is 19.7. The van der Waals surface area contributed by atoms with E-state index in [0.29, 0.717) is 11.4 Å². The summed E-state index contributed by atoms with van der Waals surface area (Å²) < 4.78 is 18.1. The standard InChI is InChI=1S/C21H19FN2O3S/c1-13-4-3-5-15(10-13)21-24-18(12-28-21)11-19(25)27-14(2)20(26)23-17-8-6-16(22)7-9-17/h3-10,12,14H,11H2,1-2H3,(H,23,26)/t14-/m1/s1. The molecule has 0 fully saturated rings. The summed E-state index contributed by atoms with van der Waals surface area (Å²) in [6, 6.07) is 13.3. The van der Waals surface area contributed by atoms with Gasteiger partial charge in [-0.05, 0) is 44.2 Å². The number of esters is 1. The van der Waals surface area contributed by atoms with Crippen LogP contribution in [0.15, 0.2) is 53.9 Å². The van der Waals surface area contributed by atoms with Crippen molar-refractivity contribution in [3.05, 3.63) is 71.0 Å². The summed E-state index contributed by atoms with van der Waals surface area (Å²) in [6.07, 6.45) is -0.997. The second-order valence-electron chi connectivity index (χ2n) is 6.32. The number of halogens is 1. The van der Waals surface area contributed by atoms with E-state index >= 15 is 0 Å².